The Bertz CT molecular complexity index is 979. The Hall–Kier alpha value is -2.25. The number of carbonyl (C=O) groups excluding carboxylic acids is 2. The zero-order valence-electron chi connectivity index (χ0n) is 18.1. The predicted molar refractivity (Wildman–Crippen MR) is 126 cm³/mol. The summed E-state index contributed by atoms with van der Waals surface area (Å²) in [5.41, 5.74) is 4.47. The Morgan fingerprint density at radius 3 is 2.40 bits per heavy atom. The largest absolute Gasteiger partial charge is 0.507 e. The van der Waals surface area contributed by atoms with E-state index in [2.05, 4.69) is 33.5 Å². The molecule has 0 heterocycles. The quantitative estimate of drug-likeness (QED) is 0.469. The number of aryl methyl sites for hydroxylation is 1. The van der Waals surface area contributed by atoms with E-state index in [0.717, 1.165) is 23.7 Å². The zero-order chi connectivity index (χ0) is 21.9. The average Bonchev–Trinajstić information content (AvgIpc) is 2.70. The second kappa shape index (κ2) is 9.27. The molecule has 158 valence electrons. The number of hydrogen-bond acceptors (Lipinski definition) is 3. The number of aromatic hydroxyl groups is 1. The molecule has 2 aromatic rings. The van der Waals surface area contributed by atoms with Crippen molar-refractivity contribution in [2.45, 2.75) is 52.9 Å². The van der Waals surface area contributed by atoms with Crippen LogP contribution in [0.15, 0.2) is 42.5 Å². The molecule has 3 rings (SSSR count). The van der Waals surface area contributed by atoms with Crippen LogP contribution in [-0.2, 0) is 24.1 Å². The fourth-order valence-electron chi connectivity index (χ4n) is 3.70. The number of Topliss-reactive ketones (excluding diaryl/α,β-unsaturated/α-hetero) is 1. The van der Waals surface area contributed by atoms with Gasteiger partial charge in [0.15, 0.2) is 5.78 Å². The lowest BCUT2D eigenvalue weighted by atomic mass is 9.83. The standard InChI is InChI=1S/C26H31O3P/c1-26(2,3)24(28)16-19-11-12-21-22(25(19)29)14-20(15-23(21)27)18-9-7-17(8-10-18)6-4-5-13-30/h7-12,15,29H,4-6,13-14,16,30H2,1-3H3. The minimum absolute atomic E-state index is 0.0629. The van der Waals surface area contributed by atoms with Crippen LogP contribution in [0.2, 0.25) is 0 Å². The molecular weight excluding hydrogens is 391 g/mol. The van der Waals surface area contributed by atoms with Crippen molar-refractivity contribution in [3.8, 4) is 5.75 Å². The molecule has 3 nitrogen and oxygen atoms in total. The van der Waals surface area contributed by atoms with Gasteiger partial charge in [0.25, 0.3) is 0 Å². The normalized spacial score (nSPS) is 13.7. The third-order valence-electron chi connectivity index (χ3n) is 5.74. The number of phenols is 1. The summed E-state index contributed by atoms with van der Waals surface area (Å²) in [5.74, 6) is 0.0470. The van der Waals surface area contributed by atoms with Crippen LogP contribution >= 0.6 is 9.24 Å². The molecule has 0 spiro atoms. The summed E-state index contributed by atoms with van der Waals surface area (Å²) in [4.78, 5) is 25.1. The molecule has 0 saturated carbocycles. The Morgan fingerprint density at radius 1 is 1.07 bits per heavy atom. The monoisotopic (exact) mass is 422 g/mol. The van der Waals surface area contributed by atoms with Crippen LogP contribution in [0, 0.1) is 5.41 Å². The van der Waals surface area contributed by atoms with Gasteiger partial charge in [0.2, 0.25) is 0 Å². The Kier molecular flexibility index (Phi) is 6.93. The van der Waals surface area contributed by atoms with E-state index in [1.54, 1.807) is 18.2 Å². The fraction of sp³-hybridized carbons (Fsp3) is 0.385. The Morgan fingerprint density at radius 2 is 1.77 bits per heavy atom. The maximum atomic E-state index is 12.7. The van der Waals surface area contributed by atoms with Gasteiger partial charge in [-0.1, -0.05) is 57.2 Å². The van der Waals surface area contributed by atoms with E-state index < -0.39 is 5.41 Å². The number of phenolic OH excluding ortho intramolecular Hbond substituents is 1. The molecule has 0 radical (unpaired) electrons. The van der Waals surface area contributed by atoms with Crippen molar-refractivity contribution in [2.75, 3.05) is 6.16 Å². The molecule has 1 atom stereocenters. The molecule has 0 saturated heterocycles. The summed E-state index contributed by atoms with van der Waals surface area (Å²) in [6, 6.07) is 11.8. The molecule has 4 heteroatoms. The molecule has 0 amide bonds. The van der Waals surface area contributed by atoms with Crippen molar-refractivity contribution in [1.82, 2.24) is 0 Å². The van der Waals surface area contributed by atoms with Crippen LogP contribution in [0.1, 0.15) is 66.2 Å². The van der Waals surface area contributed by atoms with E-state index in [9.17, 15) is 14.7 Å². The maximum absolute atomic E-state index is 12.7. The van der Waals surface area contributed by atoms with Crippen LogP contribution in [-0.4, -0.2) is 22.8 Å². The number of carbonyl (C=O) groups is 2. The number of hydrogen-bond donors (Lipinski definition) is 1. The molecule has 0 bridgehead atoms. The molecular formula is C26H31O3P. The first-order valence-corrected chi connectivity index (χ1v) is 11.4. The third kappa shape index (κ3) is 5.08. The molecule has 1 unspecified atom stereocenters. The lowest BCUT2D eigenvalue weighted by Crippen LogP contribution is -2.22. The predicted octanol–water partition coefficient (Wildman–Crippen LogP) is 5.57. The van der Waals surface area contributed by atoms with E-state index >= 15 is 0 Å². The highest BCUT2D eigenvalue weighted by atomic mass is 31.0. The molecule has 1 aliphatic rings. The first kappa shape index (κ1) is 22.4. The Balaban J connectivity index is 1.83. The summed E-state index contributed by atoms with van der Waals surface area (Å²) in [5, 5.41) is 10.9. The van der Waals surface area contributed by atoms with Crippen molar-refractivity contribution in [3.05, 3.63) is 70.3 Å². The van der Waals surface area contributed by atoms with Crippen molar-refractivity contribution in [2.24, 2.45) is 5.41 Å². The van der Waals surface area contributed by atoms with Gasteiger partial charge in [0.05, 0.1) is 0 Å². The van der Waals surface area contributed by atoms with Gasteiger partial charge in [-0.25, -0.2) is 0 Å². The smallest absolute Gasteiger partial charge is 0.186 e. The zero-order valence-corrected chi connectivity index (χ0v) is 19.3. The molecule has 2 aromatic carbocycles. The highest BCUT2D eigenvalue weighted by Gasteiger charge is 2.26. The van der Waals surface area contributed by atoms with Gasteiger partial charge in [-0.15, -0.1) is 9.24 Å². The highest BCUT2D eigenvalue weighted by Crippen LogP contribution is 2.36. The number of allylic oxidation sites excluding steroid dienone is 2. The van der Waals surface area contributed by atoms with E-state index in [4.69, 9.17) is 0 Å². The molecule has 0 fully saturated rings. The first-order chi connectivity index (χ1) is 14.2. The summed E-state index contributed by atoms with van der Waals surface area (Å²) in [6.45, 7) is 5.63. The number of benzene rings is 2. The van der Waals surface area contributed by atoms with Gasteiger partial charge >= 0.3 is 0 Å². The molecule has 0 aromatic heterocycles. The minimum Gasteiger partial charge on any atom is -0.507 e. The van der Waals surface area contributed by atoms with E-state index in [1.165, 1.54) is 18.4 Å². The van der Waals surface area contributed by atoms with Crippen LogP contribution < -0.4 is 0 Å². The first-order valence-electron chi connectivity index (χ1n) is 10.6. The highest BCUT2D eigenvalue weighted by molar-refractivity contribution is 7.16. The summed E-state index contributed by atoms with van der Waals surface area (Å²) >= 11 is 0. The van der Waals surface area contributed by atoms with Crippen LogP contribution in [0.3, 0.4) is 0 Å². The number of rotatable bonds is 7. The van der Waals surface area contributed by atoms with E-state index in [-0.39, 0.29) is 23.7 Å². The summed E-state index contributed by atoms with van der Waals surface area (Å²) in [6.07, 6.45) is 6.87. The Labute approximate surface area is 181 Å². The average molecular weight is 423 g/mol. The summed E-state index contributed by atoms with van der Waals surface area (Å²) < 4.78 is 0. The van der Waals surface area contributed by atoms with Gasteiger partial charge in [-0.2, -0.15) is 0 Å². The van der Waals surface area contributed by atoms with Crippen molar-refractivity contribution in [1.29, 1.82) is 0 Å². The van der Waals surface area contributed by atoms with Gasteiger partial charge in [0, 0.05) is 34.9 Å². The van der Waals surface area contributed by atoms with Gasteiger partial charge < -0.3 is 5.11 Å². The molecule has 0 aliphatic heterocycles. The lowest BCUT2D eigenvalue weighted by molar-refractivity contribution is -0.125. The van der Waals surface area contributed by atoms with Crippen molar-refractivity contribution < 1.29 is 14.7 Å². The number of unbranched alkanes of at least 4 members (excludes halogenated alkanes) is 1. The van der Waals surface area contributed by atoms with Crippen LogP contribution in [0.5, 0.6) is 5.75 Å². The molecule has 1 aliphatic carbocycles. The van der Waals surface area contributed by atoms with Crippen LogP contribution in [0.4, 0.5) is 0 Å². The topological polar surface area (TPSA) is 54.4 Å². The molecule has 1 N–H and O–H groups in total. The number of fused-ring (bicyclic) bond motifs is 1. The van der Waals surface area contributed by atoms with Crippen molar-refractivity contribution >= 4 is 26.4 Å². The third-order valence-corrected chi connectivity index (χ3v) is 6.14. The fourth-order valence-corrected chi connectivity index (χ4v) is 3.99. The maximum Gasteiger partial charge on any atom is 0.186 e. The van der Waals surface area contributed by atoms with E-state index in [1.807, 2.05) is 20.8 Å². The van der Waals surface area contributed by atoms with E-state index in [0.29, 0.717) is 23.1 Å². The summed E-state index contributed by atoms with van der Waals surface area (Å²) in [7, 11) is 2.76. The van der Waals surface area contributed by atoms with Crippen LogP contribution in [0.25, 0.3) is 5.57 Å². The minimum atomic E-state index is -0.471. The van der Waals surface area contributed by atoms with Crippen molar-refractivity contribution in [3.63, 3.8) is 0 Å². The number of ketones is 2. The molecule has 30 heavy (non-hydrogen) atoms. The lowest BCUT2D eigenvalue weighted by Gasteiger charge is -2.21. The SMILES string of the molecule is CC(C)(C)C(=O)Cc1ccc2c(c1O)CC(c1ccc(CCCCP)cc1)=CC2=O. The second-order valence-corrected chi connectivity index (χ2v) is 9.68. The second-order valence-electron chi connectivity index (χ2n) is 9.10. The van der Waals surface area contributed by atoms with Gasteiger partial charge in [0.1, 0.15) is 11.5 Å². The van der Waals surface area contributed by atoms with Gasteiger partial charge in [-0.05, 0) is 48.2 Å². The van der Waals surface area contributed by atoms with Gasteiger partial charge in [-0.3, -0.25) is 9.59 Å².